The number of nitrogens with one attached hydrogen (secondary N) is 1. The van der Waals surface area contributed by atoms with Crippen molar-refractivity contribution in [3.8, 4) is 22.3 Å². The Hall–Kier alpha value is 1.02. The quantitative estimate of drug-likeness (QED) is 0.0247. The molecule has 834 valence electrons. The van der Waals surface area contributed by atoms with Crippen molar-refractivity contribution >= 4 is 261 Å². The van der Waals surface area contributed by atoms with Crippen LogP contribution >= 0.6 is 222 Å². The molecular weight excluding hydrogens is 2980 g/mol. The summed E-state index contributed by atoms with van der Waals surface area (Å²) in [6, 6.07) is 65.7. The summed E-state index contributed by atoms with van der Waals surface area (Å²) in [4.78, 5) is 44.8. The fraction of sp³-hybridized carbons (Fsp3) is 0.552. The van der Waals surface area contributed by atoms with Gasteiger partial charge in [0.25, 0.3) is 14.1 Å². The first kappa shape index (κ1) is 161. The van der Waals surface area contributed by atoms with E-state index in [0.717, 1.165) is 84.0 Å². The first-order valence-corrected chi connectivity index (χ1v) is 67.9. The minimum atomic E-state index is -1.51. The summed E-state index contributed by atoms with van der Waals surface area (Å²) in [5.74, 6) is 6.17. The van der Waals surface area contributed by atoms with Crippen LogP contribution in [-0.2, 0) is 78.1 Å². The van der Waals surface area contributed by atoms with Gasteiger partial charge in [0.2, 0.25) is 0 Å². The van der Waals surface area contributed by atoms with Crippen molar-refractivity contribution in [1.29, 1.82) is 0 Å². The number of nitrogens with zero attached hydrogens (tertiary/aromatic N) is 9. The molecule has 147 heavy (non-hydrogen) atoms. The second-order valence-corrected chi connectivity index (χ2v) is 60.1. The number of likely N-dealkylation sites (N-methyl/N-ethyl adjacent to an activating group) is 5. The summed E-state index contributed by atoms with van der Waals surface area (Å²) in [5, 5.41) is 21.8. The predicted molar refractivity (Wildman–Crippen MR) is 718 cm³/mol. The van der Waals surface area contributed by atoms with Crippen LogP contribution in [0.25, 0.3) is 22.3 Å². The molecule has 31 heteroatoms. The number of aryl methyl sites for hydroxylation is 1. The molecule has 8 aromatic carbocycles. The van der Waals surface area contributed by atoms with Gasteiger partial charge in [-0.1, -0.05) is 442 Å². The van der Waals surface area contributed by atoms with E-state index in [1.54, 1.807) is 0 Å². The fourth-order valence-corrected chi connectivity index (χ4v) is 14.1. The third kappa shape index (κ3) is 92.3. The normalized spacial score (nSPS) is 14.2. The molecule has 3 N–H and O–H groups in total. The number of methoxy groups -OCH3 is 2. The Bertz CT molecular complexity index is 4110. The molecule has 0 atom stereocenters. The molecule has 0 unspecified atom stereocenters. The van der Waals surface area contributed by atoms with Crippen LogP contribution in [0.3, 0.4) is 0 Å². The molecule has 13 rings (SSSR count). The number of rotatable bonds is 18. The van der Waals surface area contributed by atoms with Crippen LogP contribution in [0.15, 0.2) is 208 Å². The van der Waals surface area contributed by atoms with Crippen LogP contribution in [0.1, 0.15) is 222 Å². The van der Waals surface area contributed by atoms with Crippen molar-refractivity contribution in [2.45, 2.75) is 225 Å². The van der Waals surface area contributed by atoms with Gasteiger partial charge in [0, 0.05) is 147 Å². The number of carbonyl (C=O) groups excluding carboxylic acids is 2. The van der Waals surface area contributed by atoms with Gasteiger partial charge in [0.15, 0.2) is 0 Å². The largest absolute Gasteiger partial charge is 0.488 e. The molecular formula is C116H189AlBBr4I7N10O6V2-2. The zero-order chi connectivity index (χ0) is 111. The van der Waals surface area contributed by atoms with Gasteiger partial charge in [0.1, 0.15) is -0.565 Å². The molecule has 16 nitrogen and oxygen atoms in total. The Morgan fingerprint density at radius 1 is 0.429 bits per heavy atom. The Labute approximate surface area is 1060 Å². The Morgan fingerprint density at radius 2 is 0.660 bits per heavy atom. The van der Waals surface area contributed by atoms with E-state index in [1.165, 1.54) is 256 Å². The van der Waals surface area contributed by atoms with E-state index in [9.17, 15) is 9.59 Å². The number of hydrogen-bond donors (Lipinski definition) is 3. The molecule has 0 aromatic heterocycles. The molecule has 0 aliphatic carbocycles. The van der Waals surface area contributed by atoms with Gasteiger partial charge in [-0.05, 0) is 280 Å². The minimum absolute atomic E-state index is 0. The molecule has 0 bridgehead atoms. The summed E-state index contributed by atoms with van der Waals surface area (Å²) < 4.78 is 17.3. The van der Waals surface area contributed by atoms with Crippen molar-refractivity contribution in [3.05, 3.63) is 263 Å². The minimum Gasteiger partial charge on any atom is -0.465 e. The molecule has 5 aliphatic heterocycles. The van der Waals surface area contributed by atoms with E-state index in [1.807, 2.05) is 125 Å². The third-order valence-electron chi connectivity index (χ3n) is 20.9. The Morgan fingerprint density at radius 3 is 0.884 bits per heavy atom. The monoisotopic (exact) mass is 3160 g/mol. The maximum Gasteiger partial charge on any atom is 0.488 e. The Kier molecular flexibility index (Phi) is 120. The van der Waals surface area contributed by atoms with Crippen molar-refractivity contribution in [3.63, 3.8) is 0 Å². The Balaban J connectivity index is -0.000000304. The zero-order valence-electron chi connectivity index (χ0n) is 94.6. The zero-order valence-corrected chi connectivity index (χ0v) is 120. The van der Waals surface area contributed by atoms with Gasteiger partial charge < -0.3 is 78.9 Å². The van der Waals surface area contributed by atoms with Crippen LogP contribution in [0.2, 0.25) is 17.4 Å². The number of ether oxygens (including phenoxy) is 2. The molecule has 5 heterocycles. The third-order valence-corrected chi connectivity index (χ3v) is 29.2. The van der Waals surface area contributed by atoms with Crippen LogP contribution in [0, 0.1) is 18.3 Å². The number of esters is 2. The predicted octanol–water partition coefficient (Wildman–Crippen LogP) is 32.2. The van der Waals surface area contributed by atoms with E-state index in [4.69, 9.17) is 14.8 Å². The summed E-state index contributed by atoms with van der Waals surface area (Å²) in [5.41, 5.74) is 14.4. The van der Waals surface area contributed by atoms with Crippen LogP contribution in [0.5, 0.6) is 0 Å². The number of benzene rings is 8. The standard InChI is InChI=1S/C26H38N4.C21H26N2O2.C13H19BrN2.C8H9BO4.C7H6Br2.C7H7Br.C6H14N2.C3H5I3.C3H6I2.C3H7I.C3H6I.C3H7.5C2H6.3CH3.Al.2V/c1-27-13-3-15-29(19-17-27)21-23-5-9-25(10-6-23)26-11-7-24(8-12-26)22-30-16-4-14-28(2)18-20-30;1-22-12-3-13-23(15-14-22)16-17-4-6-18(7-5-17)19-8-10-20(11-9-19)21(24)25-2;1-15-7-2-8-16(10-9-15)11-12-3-5-13(14)6-4-12;1-13-8(10)6-2-4-7(5-3-6)9(11)12;8-5-6-1-3-7(9)4-2-6;1-6-2-4-7(8)5-3-6;1-8-5-2-3-7-4-6-8;1-2-3(4,5)6;1-2-3(4)5;2*1-2-3-4;1-3-2;5*1-2;;;;;;/h5-12H,3-4,13-22H2,1-2H3;4-11H,3,12-16H2,1-2H3;3-6H,2,7-11H2,1H3;2-5,11-12H,1H3;1-4H,5H2;2-5H,1H3;7H,2-6H2,1H3;2H2,1H3;3H,2H2,1H3;2-3H2,1H3;3H,2H2,1H3;1,3H2,2H3;5*1-2H3;3*1H3;;;/q;;;;;;;;;;2*-1;;;;;;;;;;;. The van der Waals surface area contributed by atoms with E-state index in [-0.39, 0.29) is 57.2 Å². The van der Waals surface area contributed by atoms with Gasteiger partial charge in [-0.25, -0.2) is 9.59 Å². The van der Waals surface area contributed by atoms with Crippen molar-refractivity contribution in [2.75, 3.05) is 185 Å². The second kappa shape index (κ2) is 110. The van der Waals surface area contributed by atoms with Gasteiger partial charge >= 0.3 is 19.1 Å². The fourth-order valence-electron chi connectivity index (χ4n) is 13.0. The molecule has 5 fully saturated rings. The van der Waals surface area contributed by atoms with Gasteiger partial charge in [-0.15, -0.1) is 17.4 Å². The molecule has 0 amide bonds. The molecule has 0 spiro atoms. The molecule has 5 saturated heterocycles. The SMILES string of the molecule is BrCc1ccc(Br)cc1.CC.CC.CC.CC.CC.CCC(I)(I)I.CCC(I)I.CCCI.CC[CH-]I.CN1CCCN(Cc2ccc(-c3ccc(CN4CCCN(C)CC4)cc3)cc2)CC1.CN1CCCN(Cc2ccc(Br)cc2)CC1.CN1CCCNCC1.COC(=O)c1ccc(-c2ccc(CN3CCCN(C)CC3)cc2)cc1.COC(=O)c1ccc(B(O)O)cc1.Cc1ccc(Br)cc1.[CH2-]CC.[CH3][Al]([CH3])[CH3].[V].[V]. The summed E-state index contributed by atoms with van der Waals surface area (Å²) in [6.07, 6.45) is 12.4. The molecule has 5 aliphatic rings. The average Bonchev–Trinajstić information content (AvgIpc) is 1.06. The maximum atomic E-state index is 11.5. The van der Waals surface area contributed by atoms with E-state index >= 15 is 0 Å². The summed E-state index contributed by atoms with van der Waals surface area (Å²) in [6.45, 7) is 64.3. The topological polar surface area (TPSA) is 134 Å². The maximum absolute atomic E-state index is 11.5. The van der Waals surface area contributed by atoms with Gasteiger partial charge in [0.05, 0.1) is 27.3 Å². The van der Waals surface area contributed by atoms with Crippen molar-refractivity contribution in [1.82, 2.24) is 49.4 Å². The van der Waals surface area contributed by atoms with Crippen LogP contribution in [-0.4, -0.2) is 274 Å². The summed E-state index contributed by atoms with van der Waals surface area (Å²) >= 11 is 30.0. The van der Waals surface area contributed by atoms with E-state index < -0.39 is 13.1 Å². The van der Waals surface area contributed by atoms with E-state index in [0.29, 0.717) is 16.0 Å². The first-order valence-electron chi connectivity index (χ1n) is 52.4. The van der Waals surface area contributed by atoms with Crippen LogP contribution < -0.4 is 10.8 Å². The van der Waals surface area contributed by atoms with Crippen molar-refractivity contribution in [2.24, 2.45) is 0 Å². The summed E-state index contributed by atoms with van der Waals surface area (Å²) in [7, 11) is 12.2. The van der Waals surface area contributed by atoms with Crippen LogP contribution in [0.4, 0.5) is 0 Å². The van der Waals surface area contributed by atoms with Gasteiger partial charge in [-0.3, -0.25) is 24.0 Å². The molecule has 2 radical (unpaired) electrons. The molecule has 8 aromatic rings. The number of alkyl halides is 7. The number of hydrogen-bond acceptors (Lipinski definition) is 16. The average molecular weight is 3170 g/mol. The first-order chi connectivity index (χ1) is 69.5. The number of halogens is 11. The second-order valence-electron chi connectivity index (χ2n) is 34.2. The van der Waals surface area contributed by atoms with Gasteiger partial charge in [-0.2, -0.15) is 12.8 Å². The van der Waals surface area contributed by atoms with Crippen molar-refractivity contribution < 1.29 is 66.2 Å². The molecule has 0 saturated carbocycles. The van der Waals surface area contributed by atoms with E-state index in [2.05, 4.69) is 496 Å². The number of carbonyl (C=O) groups is 2. The smallest absolute Gasteiger partial charge is 0.465 e.